The normalized spacial score (nSPS) is 24.2. The molecule has 0 spiro atoms. The van der Waals surface area contributed by atoms with Gasteiger partial charge in [-0.05, 0) is 39.3 Å². The number of rotatable bonds is 4. The van der Waals surface area contributed by atoms with Gasteiger partial charge in [0.05, 0.1) is 6.04 Å². The summed E-state index contributed by atoms with van der Waals surface area (Å²) in [5.41, 5.74) is -0.944. The van der Waals surface area contributed by atoms with Crippen molar-refractivity contribution in [3.05, 3.63) is 35.9 Å². The topological polar surface area (TPSA) is 87.7 Å². The molecule has 1 fully saturated rings. The fourth-order valence-electron chi connectivity index (χ4n) is 2.86. The van der Waals surface area contributed by atoms with Crippen molar-refractivity contribution in [2.45, 2.75) is 50.8 Å². The second kappa shape index (κ2) is 6.58. The van der Waals surface area contributed by atoms with E-state index in [1.165, 1.54) is 0 Å². The highest BCUT2D eigenvalue weighted by Crippen LogP contribution is 2.26. The number of ether oxygens (including phenoxy) is 1. The van der Waals surface area contributed by atoms with E-state index in [1.807, 2.05) is 30.3 Å². The van der Waals surface area contributed by atoms with Gasteiger partial charge in [0.25, 0.3) is 0 Å². The summed E-state index contributed by atoms with van der Waals surface area (Å²) in [6.45, 7) is 5.84. The maximum Gasteiger partial charge on any atom is 0.407 e. The van der Waals surface area contributed by atoms with Crippen molar-refractivity contribution in [3.8, 4) is 0 Å². The van der Waals surface area contributed by atoms with Gasteiger partial charge in [-0.2, -0.15) is 0 Å². The molecule has 0 aromatic heterocycles. The van der Waals surface area contributed by atoms with Gasteiger partial charge in [0.1, 0.15) is 11.1 Å². The zero-order chi connectivity index (χ0) is 17.1. The number of hydrogen-bond donors (Lipinski definition) is 3. The number of hydrogen-bond acceptors (Lipinski definition) is 4. The van der Waals surface area contributed by atoms with Crippen LogP contribution in [0.1, 0.15) is 32.8 Å². The molecule has 2 atom stereocenters. The fraction of sp³-hybridized carbons (Fsp3) is 0.529. The molecule has 3 N–H and O–H groups in total. The lowest BCUT2D eigenvalue weighted by atomic mass is 9.85. The summed E-state index contributed by atoms with van der Waals surface area (Å²) in [6.07, 6.45) is 0.243. The Morgan fingerprint density at radius 1 is 1.35 bits per heavy atom. The molecule has 6 nitrogen and oxygen atoms in total. The first-order valence-electron chi connectivity index (χ1n) is 7.75. The van der Waals surface area contributed by atoms with Crippen molar-refractivity contribution in [1.29, 1.82) is 0 Å². The molecular formula is C17H24N2O4. The lowest BCUT2D eigenvalue weighted by Crippen LogP contribution is -2.61. The molecule has 0 aliphatic carbocycles. The minimum Gasteiger partial charge on any atom is -0.480 e. The molecule has 1 heterocycles. The highest BCUT2D eigenvalue weighted by molar-refractivity contribution is 5.82. The van der Waals surface area contributed by atoms with E-state index >= 15 is 0 Å². The average molecular weight is 320 g/mol. The number of carbonyl (C=O) groups excluding carboxylic acids is 1. The van der Waals surface area contributed by atoms with Crippen LogP contribution in [0.25, 0.3) is 0 Å². The SMILES string of the molecule is CC(C)(C)OC(=O)NC1CCNC1(Cc1ccccc1)C(=O)O. The molecule has 126 valence electrons. The second-order valence-electron chi connectivity index (χ2n) is 6.85. The van der Waals surface area contributed by atoms with Gasteiger partial charge in [-0.25, -0.2) is 4.79 Å². The van der Waals surface area contributed by atoms with Crippen LogP contribution in [0.5, 0.6) is 0 Å². The van der Waals surface area contributed by atoms with Gasteiger partial charge in [-0.1, -0.05) is 30.3 Å². The third-order valence-electron chi connectivity index (χ3n) is 3.87. The molecule has 1 aliphatic rings. The molecule has 0 bridgehead atoms. The summed E-state index contributed by atoms with van der Waals surface area (Å²) in [5.74, 6) is -0.972. The zero-order valence-electron chi connectivity index (χ0n) is 13.8. The molecule has 1 aromatic rings. The van der Waals surface area contributed by atoms with E-state index in [-0.39, 0.29) is 0 Å². The number of aliphatic carboxylic acids is 1. The van der Waals surface area contributed by atoms with Crippen LogP contribution in [-0.2, 0) is 16.0 Å². The van der Waals surface area contributed by atoms with Crippen molar-refractivity contribution >= 4 is 12.1 Å². The number of carboxylic acid groups (broad SMARTS) is 1. The van der Waals surface area contributed by atoms with Crippen LogP contribution in [0, 0.1) is 0 Å². The lowest BCUT2D eigenvalue weighted by Gasteiger charge is -2.32. The van der Waals surface area contributed by atoms with Crippen molar-refractivity contribution in [1.82, 2.24) is 10.6 Å². The predicted molar refractivity (Wildman–Crippen MR) is 86.3 cm³/mol. The van der Waals surface area contributed by atoms with E-state index in [0.717, 1.165) is 5.56 Å². The van der Waals surface area contributed by atoms with Crippen LogP contribution < -0.4 is 10.6 Å². The van der Waals surface area contributed by atoms with E-state index in [0.29, 0.717) is 19.4 Å². The number of carboxylic acids is 1. The van der Waals surface area contributed by atoms with Gasteiger partial charge in [-0.15, -0.1) is 0 Å². The van der Waals surface area contributed by atoms with Crippen LogP contribution in [0.2, 0.25) is 0 Å². The average Bonchev–Trinajstić information content (AvgIpc) is 2.81. The number of alkyl carbamates (subject to hydrolysis) is 1. The monoisotopic (exact) mass is 320 g/mol. The largest absolute Gasteiger partial charge is 0.480 e. The minimum atomic E-state index is -1.22. The second-order valence-corrected chi connectivity index (χ2v) is 6.85. The maximum absolute atomic E-state index is 12.0. The Morgan fingerprint density at radius 2 is 2.00 bits per heavy atom. The summed E-state index contributed by atoms with van der Waals surface area (Å²) in [5, 5.41) is 15.6. The molecular weight excluding hydrogens is 296 g/mol. The molecule has 0 saturated carbocycles. The van der Waals surface area contributed by atoms with Gasteiger partial charge < -0.3 is 15.2 Å². The molecule has 1 aliphatic heterocycles. The van der Waals surface area contributed by atoms with Crippen molar-refractivity contribution in [2.75, 3.05) is 6.54 Å². The Hall–Kier alpha value is -2.08. The Bertz CT molecular complexity index is 568. The Kier molecular flexibility index (Phi) is 4.94. The van der Waals surface area contributed by atoms with E-state index in [4.69, 9.17) is 4.74 Å². The van der Waals surface area contributed by atoms with Gasteiger partial charge in [0, 0.05) is 6.42 Å². The first-order chi connectivity index (χ1) is 10.7. The Labute approximate surface area is 136 Å². The molecule has 1 saturated heterocycles. The molecule has 1 amide bonds. The maximum atomic E-state index is 12.0. The van der Waals surface area contributed by atoms with Gasteiger partial charge in [-0.3, -0.25) is 10.1 Å². The molecule has 2 unspecified atom stereocenters. The first-order valence-corrected chi connectivity index (χ1v) is 7.75. The van der Waals surface area contributed by atoms with Gasteiger partial charge >= 0.3 is 12.1 Å². The summed E-state index contributed by atoms with van der Waals surface area (Å²) in [7, 11) is 0. The summed E-state index contributed by atoms with van der Waals surface area (Å²) < 4.78 is 5.25. The number of nitrogens with one attached hydrogen (secondary N) is 2. The third kappa shape index (κ3) is 4.22. The van der Waals surface area contributed by atoms with Gasteiger partial charge in [0.2, 0.25) is 0 Å². The van der Waals surface area contributed by atoms with E-state index in [9.17, 15) is 14.7 Å². The highest BCUT2D eigenvalue weighted by Gasteiger charge is 2.50. The molecule has 23 heavy (non-hydrogen) atoms. The van der Waals surface area contributed by atoms with E-state index in [2.05, 4.69) is 10.6 Å². The summed E-state index contributed by atoms with van der Waals surface area (Å²) >= 11 is 0. The smallest absolute Gasteiger partial charge is 0.407 e. The van der Waals surface area contributed by atoms with Crippen LogP contribution in [-0.4, -0.2) is 40.9 Å². The van der Waals surface area contributed by atoms with E-state index < -0.39 is 29.2 Å². The molecule has 2 rings (SSSR count). The first kappa shape index (κ1) is 17.3. The minimum absolute atomic E-state index is 0.295. The zero-order valence-corrected chi connectivity index (χ0v) is 13.8. The van der Waals surface area contributed by atoms with Crippen molar-refractivity contribution in [2.24, 2.45) is 0 Å². The molecule has 1 aromatic carbocycles. The third-order valence-corrected chi connectivity index (χ3v) is 3.87. The summed E-state index contributed by atoms with van der Waals surface area (Å²) in [4.78, 5) is 24.0. The van der Waals surface area contributed by atoms with E-state index in [1.54, 1.807) is 20.8 Å². The van der Waals surface area contributed by atoms with Crippen molar-refractivity contribution < 1.29 is 19.4 Å². The van der Waals surface area contributed by atoms with Gasteiger partial charge in [0.15, 0.2) is 0 Å². The van der Waals surface area contributed by atoms with Crippen LogP contribution in [0.15, 0.2) is 30.3 Å². The molecule has 0 radical (unpaired) electrons. The predicted octanol–water partition coefficient (Wildman–Crippen LogP) is 1.94. The van der Waals surface area contributed by atoms with Crippen LogP contribution >= 0.6 is 0 Å². The lowest BCUT2D eigenvalue weighted by molar-refractivity contribution is -0.145. The van der Waals surface area contributed by atoms with Crippen molar-refractivity contribution in [3.63, 3.8) is 0 Å². The number of amides is 1. The quantitative estimate of drug-likeness (QED) is 0.789. The Balaban J connectivity index is 2.17. The Morgan fingerprint density at radius 3 is 2.57 bits per heavy atom. The standard InChI is InChI=1S/C17H24N2O4/c1-16(2,3)23-15(22)19-13-9-10-18-17(13,14(20)21)11-12-7-5-4-6-8-12/h4-8,13,18H,9-11H2,1-3H3,(H,19,22)(H,20,21). The van der Waals surface area contributed by atoms with Crippen LogP contribution in [0.4, 0.5) is 4.79 Å². The number of benzene rings is 1. The molecule has 6 heteroatoms. The summed E-state index contributed by atoms with van der Waals surface area (Å²) in [6, 6.07) is 8.86. The highest BCUT2D eigenvalue weighted by atomic mass is 16.6. The number of carbonyl (C=O) groups is 2. The van der Waals surface area contributed by atoms with Crippen LogP contribution in [0.3, 0.4) is 0 Å². The fourth-order valence-corrected chi connectivity index (χ4v) is 2.86.